The first-order valence-corrected chi connectivity index (χ1v) is 10.6. The Morgan fingerprint density at radius 2 is 1.87 bits per heavy atom. The lowest BCUT2D eigenvalue weighted by atomic mass is 9.98. The largest absolute Gasteiger partial charge is 0.352 e. The summed E-state index contributed by atoms with van der Waals surface area (Å²) in [6.07, 6.45) is 10.1. The molecular formula is C26H24N4O. The summed E-state index contributed by atoms with van der Waals surface area (Å²) in [4.78, 5) is 20.9. The fourth-order valence-electron chi connectivity index (χ4n) is 4.10. The number of aromatic nitrogens is 3. The van der Waals surface area contributed by atoms with Crippen LogP contribution in [-0.4, -0.2) is 20.4 Å². The predicted octanol–water partition coefficient (Wildman–Crippen LogP) is 4.41. The molecule has 0 spiro atoms. The highest BCUT2D eigenvalue weighted by Gasteiger charge is 2.43. The molecule has 2 aromatic carbocycles. The topological polar surface area (TPSA) is 59.8 Å². The van der Waals surface area contributed by atoms with Crippen molar-refractivity contribution >= 4 is 5.91 Å². The Labute approximate surface area is 181 Å². The van der Waals surface area contributed by atoms with E-state index in [0.29, 0.717) is 12.5 Å². The number of hydrogen-bond donors (Lipinski definition) is 1. The van der Waals surface area contributed by atoms with Gasteiger partial charge in [0.05, 0.1) is 6.33 Å². The molecule has 2 unspecified atom stereocenters. The van der Waals surface area contributed by atoms with Crippen LogP contribution in [0, 0.1) is 5.92 Å². The summed E-state index contributed by atoms with van der Waals surface area (Å²) < 4.78 is 2.05. The smallest absolute Gasteiger partial charge is 0.224 e. The van der Waals surface area contributed by atoms with Crippen LogP contribution in [0.1, 0.15) is 29.0 Å². The molecule has 0 aliphatic heterocycles. The average Bonchev–Trinajstić information content (AvgIpc) is 3.47. The molecule has 5 nitrogen and oxygen atoms in total. The van der Waals surface area contributed by atoms with E-state index in [4.69, 9.17) is 0 Å². The number of benzene rings is 2. The summed E-state index contributed by atoms with van der Waals surface area (Å²) in [5.41, 5.74) is 5.80. The fraction of sp³-hybridized carbons (Fsp3) is 0.192. The quantitative estimate of drug-likeness (QED) is 0.493. The number of rotatable bonds is 7. The molecule has 31 heavy (non-hydrogen) atoms. The van der Waals surface area contributed by atoms with Crippen LogP contribution < -0.4 is 5.32 Å². The number of imidazole rings is 1. The molecule has 1 fully saturated rings. The summed E-state index contributed by atoms with van der Waals surface area (Å²) in [6, 6.07) is 20.8. The van der Waals surface area contributed by atoms with Crippen LogP contribution in [-0.2, 0) is 17.9 Å². The Morgan fingerprint density at radius 1 is 1.00 bits per heavy atom. The zero-order valence-corrected chi connectivity index (χ0v) is 17.2. The number of amides is 1. The van der Waals surface area contributed by atoms with Gasteiger partial charge < -0.3 is 9.88 Å². The van der Waals surface area contributed by atoms with Gasteiger partial charge in [-0.1, -0.05) is 54.6 Å². The molecule has 4 aromatic rings. The van der Waals surface area contributed by atoms with Crippen molar-refractivity contribution in [1.29, 1.82) is 0 Å². The van der Waals surface area contributed by atoms with E-state index in [1.807, 2.05) is 36.9 Å². The van der Waals surface area contributed by atoms with E-state index >= 15 is 0 Å². The highest BCUT2D eigenvalue weighted by Crippen LogP contribution is 2.47. The highest BCUT2D eigenvalue weighted by atomic mass is 16.2. The minimum absolute atomic E-state index is 0.0545. The summed E-state index contributed by atoms with van der Waals surface area (Å²) in [6.45, 7) is 1.33. The van der Waals surface area contributed by atoms with Gasteiger partial charge in [0.15, 0.2) is 0 Å². The monoisotopic (exact) mass is 408 g/mol. The van der Waals surface area contributed by atoms with Crippen LogP contribution in [0.25, 0.3) is 11.1 Å². The van der Waals surface area contributed by atoms with Gasteiger partial charge in [-0.25, -0.2) is 4.98 Å². The molecule has 2 aromatic heterocycles. The molecule has 0 bridgehead atoms. The molecule has 5 heteroatoms. The Bertz CT molecular complexity index is 1150. The van der Waals surface area contributed by atoms with Crippen molar-refractivity contribution in [3.05, 3.63) is 108 Å². The second kappa shape index (κ2) is 8.56. The van der Waals surface area contributed by atoms with Crippen molar-refractivity contribution in [3.8, 4) is 11.1 Å². The molecule has 1 aliphatic rings. The maximum Gasteiger partial charge on any atom is 0.224 e. The van der Waals surface area contributed by atoms with E-state index in [-0.39, 0.29) is 11.8 Å². The van der Waals surface area contributed by atoms with Crippen LogP contribution in [0.3, 0.4) is 0 Å². The van der Waals surface area contributed by atoms with E-state index in [0.717, 1.165) is 35.2 Å². The van der Waals surface area contributed by atoms with Gasteiger partial charge in [0, 0.05) is 43.8 Å². The van der Waals surface area contributed by atoms with Gasteiger partial charge >= 0.3 is 0 Å². The van der Waals surface area contributed by atoms with E-state index < -0.39 is 0 Å². The van der Waals surface area contributed by atoms with E-state index in [1.165, 1.54) is 5.56 Å². The third-order valence-electron chi connectivity index (χ3n) is 5.90. The summed E-state index contributed by atoms with van der Waals surface area (Å²) in [5, 5.41) is 3.14. The summed E-state index contributed by atoms with van der Waals surface area (Å²) >= 11 is 0. The first kappa shape index (κ1) is 19.2. The molecule has 0 radical (unpaired) electrons. The second-order valence-electron chi connectivity index (χ2n) is 8.04. The third-order valence-corrected chi connectivity index (χ3v) is 5.90. The number of pyridine rings is 1. The molecule has 1 aliphatic carbocycles. The third kappa shape index (κ3) is 4.40. The van der Waals surface area contributed by atoms with Gasteiger partial charge in [-0.05, 0) is 46.2 Å². The second-order valence-corrected chi connectivity index (χ2v) is 8.04. The summed E-state index contributed by atoms with van der Waals surface area (Å²) in [5.74, 6) is 0.477. The normalized spacial score (nSPS) is 17.3. The molecule has 5 rings (SSSR count). The molecule has 1 saturated carbocycles. The van der Waals surface area contributed by atoms with Gasteiger partial charge in [0.2, 0.25) is 5.91 Å². The van der Waals surface area contributed by atoms with Gasteiger partial charge in [0.1, 0.15) is 0 Å². The van der Waals surface area contributed by atoms with Crippen LogP contribution in [0.2, 0.25) is 0 Å². The van der Waals surface area contributed by atoms with Gasteiger partial charge in [-0.15, -0.1) is 0 Å². The molecule has 2 atom stereocenters. The zero-order valence-electron chi connectivity index (χ0n) is 17.2. The van der Waals surface area contributed by atoms with Crippen molar-refractivity contribution in [3.63, 3.8) is 0 Å². The fourth-order valence-corrected chi connectivity index (χ4v) is 4.10. The van der Waals surface area contributed by atoms with Crippen LogP contribution >= 0.6 is 0 Å². The first-order valence-electron chi connectivity index (χ1n) is 10.6. The predicted molar refractivity (Wildman–Crippen MR) is 120 cm³/mol. The highest BCUT2D eigenvalue weighted by molar-refractivity contribution is 5.83. The Kier molecular flexibility index (Phi) is 5.31. The lowest BCUT2D eigenvalue weighted by molar-refractivity contribution is -0.122. The Hall–Kier alpha value is -3.73. The molecule has 1 N–H and O–H groups in total. The molecule has 1 amide bonds. The van der Waals surface area contributed by atoms with E-state index in [2.05, 4.69) is 62.3 Å². The maximum atomic E-state index is 12.7. The molecule has 0 saturated heterocycles. The van der Waals surface area contributed by atoms with Gasteiger partial charge in [-0.2, -0.15) is 0 Å². The lowest BCUT2D eigenvalue weighted by Crippen LogP contribution is -2.25. The number of carbonyl (C=O) groups excluding carboxylic acids is 1. The number of nitrogens with zero attached hydrogens (tertiary/aromatic N) is 3. The first-order chi connectivity index (χ1) is 15.3. The van der Waals surface area contributed by atoms with Crippen LogP contribution in [0.15, 0.2) is 91.8 Å². The van der Waals surface area contributed by atoms with Crippen molar-refractivity contribution in [2.24, 2.45) is 5.92 Å². The number of hydrogen-bond acceptors (Lipinski definition) is 3. The van der Waals surface area contributed by atoms with Gasteiger partial charge in [-0.3, -0.25) is 9.78 Å². The molecular weight excluding hydrogens is 384 g/mol. The number of nitrogens with one attached hydrogen (secondary N) is 1. The Morgan fingerprint density at radius 3 is 2.65 bits per heavy atom. The lowest BCUT2D eigenvalue weighted by Gasteiger charge is -2.12. The van der Waals surface area contributed by atoms with Gasteiger partial charge in [0.25, 0.3) is 0 Å². The van der Waals surface area contributed by atoms with Crippen LogP contribution in [0.4, 0.5) is 0 Å². The zero-order chi connectivity index (χ0) is 21.0. The average molecular weight is 409 g/mol. The van der Waals surface area contributed by atoms with E-state index in [9.17, 15) is 4.79 Å². The van der Waals surface area contributed by atoms with E-state index in [1.54, 1.807) is 12.4 Å². The van der Waals surface area contributed by atoms with Crippen LogP contribution in [0.5, 0.6) is 0 Å². The number of carbonyl (C=O) groups is 1. The SMILES string of the molecule is O=C(NCc1ccccc1-c1ccc(Cn2ccnc2)cc1)C1CC1c1cccnc1. The maximum absolute atomic E-state index is 12.7. The Balaban J connectivity index is 1.24. The molecule has 2 heterocycles. The van der Waals surface area contributed by atoms with Crippen molar-refractivity contribution in [1.82, 2.24) is 19.9 Å². The van der Waals surface area contributed by atoms with Crippen molar-refractivity contribution in [2.45, 2.75) is 25.4 Å². The van der Waals surface area contributed by atoms with Crippen molar-refractivity contribution < 1.29 is 4.79 Å². The summed E-state index contributed by atoms with van der Waals surface area (Å²) in [7, 11) is 0. The minimum Gasteiger partial charge on any atom is -0.352 e. The standard InChI is InChI=1S/C26H24N4O/c31-26(25-14-24(25)21-5-3-11-27-15-21)29-16-22-4-1-2-6-23(22)20-9-7-19(8-10-20)17-30-13-12-28-18-30/h1-13,15,18,24-25H,14,16-17H2,(H,29,31). The van der Waals surface area contributed by atoms with Crippen molar-refractivity contribution in [2.75, 3.05) is 0 Å². The molecule has 154 valence electrons. The minimum atomic E-state index is 0.0545.